The average molecular weight is 280 g/mol. The topological polar surface area (TPSA) is 62.4 Å². The molecule has 1 saturated heterocycles. The Hall–Kier alpha value is -1.43. The molecule has 2 aromatic rings. The van der Waals surface area contributed by atoms with Gasteiger partial charge in [0.1, 0.15) is 0 Å². The zero-order chi connectivity index (χ0) is 13.2. The number of β-amino-alcohol motifs (C(OH)–C–C–N with tert-alkyl or cyclic N) is 1. The van der Waals surface area contributed by atoms with Gasteiger partial charge < -0.3 is 9.63 Å². The van der Waals surface area contributed by atoms with Crippen molar-refractivity contribution in [3.05, 3.63) is 35.1 Å². The fourth-order valence-corrected chi connectivity index (χ4v) is 2.43. The molecule has 2 heterocycles. The van der Waals surface area contributed by atoms with Gasteiger partial charge in [0, 0.05) is 13.1 Å². The molecule has 3 rings (SSSR count). The van der Waals surface area contributed by atoms with Crippen molar-refractivity contribution in [2.24, 2.45) is 0 Å². The molecule has 0 spiro atoms. The van der Waals surface area contributed by atoms with Crippen molar-refractivity contribution in [2.75, 3.05) is 13.1 Å². The van der Waals surface area contributed by atoms with Gasteiger partial charge in [-0.2, -0.15) is 4.98 Å². The number of aromatic nitrogens is 2. The van der Waals surface area contributed by atoms with Gasteiger partial charge in [0.05, 0.1) is 23.2 Å². The zero-order valence-electron chi connectivity index (χ0n) is 10.3. The van der Waals surface area contributed by atoms with Gasteiger partial charge in [0.2, 0.25) is 0 Å². The fourth-order valence-electron chi connectivity index (χ4n) is 2.22. The highest BCUT2D eigenvalue weighted by Crippen LogP contribution is 2.26. The molecule has 5 nitrogen and oxygen atoms in total. The third-order valence-corrected chi connectivity index (χ3v) is 3.51. The van der Waals surface area contributed by atoms with E-state index in [1.165, 1.54) is 0 Å². The summed E-state index contributed by atoms with van der Waals surface area (Å²) < 4.78 is 5.23. The van der Waals surface area contributed by atoms with E-state index in [1.54, 1.807) is 6.07 Å². The number of aliphatic hydroxyl groups excluding tert-OH is 1. The van der Waals surface area contributed by atoms with Crippen molar-refractivity contribution in [1.82, 2.24) is 15.0 Å². The van der Waals surface area contributed by atoms with E-state index in [0.717, 1.165) is 18.5 Å². The highest BCUT2D eigenvalue weighted by atomic mass is 35.5. The summed E-state index contributed by atoms with van der Waals surface area (Å²) in [5.74, 6) is 1.05. The van der Waals surface area contributed by atoms with Crippen LogP contribution in [0.4, 0.5) is 0 Å². The molecule has 1 aromatic carbocycles. The first kappa shape index (κ1) is 12.6. The Labute approximate surface area is 115 Å². The van der Waals surface area contributed by atoms with Gasteiger partial charge in [0.15, 0.2) is 5.82 Å². The van der Waals surface area contributed by atoms with Crippen molar-refractivity contribution in [3.8, 4) is 11.5 Å². The molecule has 0 bridgehead atoms. The maximum Gasteiger partial charge on any atom is 0.259 e. The second-order valence-corrected chi connectivity index (χ2v) is 5.08. The first-order chi connectivity index (χ1) is 9.22. The van der Waals surface area contributed by atoms with E-state index in [4.69, 9.17) is 16.1 Å². The van der Waals surface area contributed by atoms with Crippen molar-refractivity contribution in [3.63, 3.8) is 0 Å². The molecule has 0 unspecified atom stereocenters. The van der Waals surface area contributed by atoms with Gasteiger partial charge in [0.25, 0.3) is 5.89 Å². The van der Waals surface area contributed by atoms with Crippen molar-refractivity contribution < 1.29 is 9.63 Å². The Balaban J connectivity index is 1.75. The van der Waals surface area contributed by atoms with Crippen molar-refractivity contribution in [1.29, 1.82) is 0 Å². The van der Waals surface area contributed by atoms with Crippen LogP contribution in [0.1, 0.15) is 12.2 Å². The Bertz CT molecular complexity index is 573. The summed E-state index contributed by atoms with van der Waals surface area (Å²) in [6.07, 6.45) is 0.560. The lowest BCUT2D eigenvalue weighted by molar-refractivity contribution is 0.173. The van der Waals surface area contributed by atoms with E-state index in [9.17, 15) is 5.11 Å². The number of nitrogens with zero attached hydrogens (tertiary/aromatic N) is 3. The highest BCUT2D eigenvalue weighted by molar-refractivity contribution is 6.33. The summed E-state index contributed by atoms with van der Waals surface area (Å²) in [5.41, 5.74) is 0.740. The molecule has 0 radical (unpaired) electrons. The van der Waals surface area contributed by atoms with Crippen LogP contribution in [0.5, 0.6) is 0 Å². The molecule has 0 amide bonds. The first-order valence-corrected chi connectivity index (χ1v) is 6.58. The monoisotopic (exact) mass is 279 g/mol. The normalized spacial score (nSPS) is 20.0. The molecule has 1 aliphatic rings. The first-order valence-electron chi connectivity index (χ1n) is 6.20. The van der Waals surface area contributed by atoms with Gasteiger partial charge in [-0.1, -0.05) is 28.9 Å². The van der Waals surface area contributed by atoms with E-state index >= 15 is 0 Å². The highest BCUT2D eigenvalue weighted by Gasteiger charge is 2.22. The zero-order valence-corrected chi connectivity index (χ0v) is 11.0. The molecule has 1 atom stereocenters. The molecule has 19 heavy (non-hydrogen) atoms. The second kappa shape index (κ2) is 5.28. The maximum atomic E-state index is 9.47. The lowest BCUT2D eigenvalue weighted by Gasteiger charge is -2.10. The van der Waals surface area contributed by atoms with Crippen LogP contribution in [0.3, 0.4) is 0 Å². The van der Waals surface area contributed by atoms with Crippen LogP contribution in [-0.2, 0) is 6.54 Å². The largest absolute Gasteiger partial charge is 0.392 e. The van der Waals surface area contributed by atoms with Gasteiger partial charge in [-0.25, -0.2) is 0 Å². The summed E-state index contributed by atoms with van der Waals surface area (Å²) in [6.45, 7) is 2.11. The average Bonchev–Trinajstić information content (AvgIpc) is 3.00. The van der Waals surface area contributed by atoms with Gasteiger partial charge in [-0.05, 0) is 18.6 Å². The smallest absolute Gasteiger partial charge is 0.259 e. The van der Waals surface area contributed by atoms with Crippen LogP contribution < -0.4 is 0 Å². The summed E-state index contributed by atoms with van der Waals surface area (Å²) in [5, 5.41) is 14.0. The minimum atomic E-state index is -0.241. The molecule has 100 valence electrons. The summed E-state index contributed by atoms with van der Waals surface area (Å²) in [6, 6.07) is 7.37. The van der Waals surface area contributed by atoms with Gasteiger partial charge in [-0.15, -0.1) is 0 Å². The number of benzene rings is 1. The van der Waals surface area contributed by atoms with Gasteiger partial charge in [-0.3, -0.25) is 4.90 Å². The third-order valence-electron chi connectivity index (χ3n) is 3.18. The fraction of sp³-hybridized carbons (Fsp3) is 0.385. The van der Waals surface area contributed by atoms with E-state index in [2.05, 4.69) is 15.0 Å². The Morgan fingerprint density at radius 1 is 1.42 bits per heavy atom. The second-order valence-electron chi connectivity index (χ2n) is 4.67. The Kier molecular flexibility index (Phi) is 3.50. The molecule has 0 aliphatic carbocycles. The number of hydrogen-bond acceptors (Lipinski definition) is 5. The molecule has 1 N–H and O–H groups in total. The van der Waals surface area contributed by atoms with Crippen LogP contribution >= 0.6 is 11.6 Å². The van der Waals surface area contributed by atoms with Crippen LogP contribution in [0.2, 0.25) is 5.02 Å². The minimum absolute atomic E-state index is 0.241. The molecule has 1 aromatic heterocycles. The van der Waals surface area contributed by atoms with E-state index in [-0.39, 0.29) is 6.10 Å². The van der Waals surface area contributed by atoms with E-state index < -0.39 is 0 Å². The number of rotatable bonds is 3. The van der Waals surface area contributed by atoms with E-state index in [0.29, 0.717) is 29.8 Å². The molecular formula is C13H14ClN3O2. The predicted octanol–water partition coefficient (Wildman–Crippen LogP) is 1.96. The van der Waals surface area contributed by atoms with Gasteiger partial charge >= 0.3 is 0 Å². The van der Waals surface area contributed by atoms with Crippen molar-refractivity contribution >= 4 is 11.6 Å². The van der Waals surface area contributed by atoms with Crippen LogP contribution in [0, 0.1) is 0 Å². The molecule has 0 saturated carbocycles. The lowest BCUT2D eigenvalue weighted by atomic mass is 10.2. The SMILES string of the molecule is O[C@@H]1CCN(Cc2noc(-c3ccccc3Cl)n2)C1. The van der Waals surface area contributed by atoms with Crippen LogP contribution in [-0.4, -0.2) is 39.3 Å². The third kappa shape index (κ3) is 2.78. The number of aliphatic hydroxyl groups is 1. The summed E-state index contributed by atoms with van der Waals surface area (Å²) >= 11 is 6.09. The Morgan fingerprint density at radius 2 is 2.26 bits per heavy atom. The van der Waals surface area contributed by atoms with E-state index in [1.807, 2.05) is 18.2 Å². The number of likely N-dealkylation sites (tertiary alicyclic amines) is 1. The lowest BCUT2D eigenvalue weighted by Crippen LogP contribution is -2.22. The van der Waals surface area contributed by atoms with Crippen LogP contribution in [0.15, 0.2) is 28.8 Å². The van der Waals surface area contributed by atoms with Crippen molar-refractivity contribution in [2.45, 2.75) is 19.1 Å². The predicted molar refractivity (Wildman–Crippen MR) is 70.6 cm³/mol. The standard InChI is InChI=1S/C13H14ClN3O2/c14-11-4-2-1-3-10(11)13-15-12(16-19-13)8-17-6-5-9(18)7-17/h1-4,9,18H,5-8H2/t9-/m1/s1. The summed E-state index contributed by atoms with van der Waals surface area (Å²) in [7, 11) is 0. The van der Waals surface area contributed by atoms with Crippen LogP contribution in [0.25, 0.3) is 11.5 Å². The molecular weight excluding hydrogens is 266 g/mol. The molecule has 6 heteroatoms. The molecule has 1 aliphatic heterocycles. The number of hydrogen-bond donors (Lipinski definition) is 1. The molecule has 1 fully saturated rings. The Morgan fingerprint density at radius 3 is 3.00 bits per heavy atom. The number of halogens is 1. The quantitative estimate of drug-likeness (QED) is 0.930. The minimum Gasteiger partial charge on any atom is -0.392 e. The summed E-state index contributed by atoms with van der Waals surface area (Å²) in [4.78, 5) is 6.45. The maximum absolute atomic E-state index is 9.47.